The van der Waals surface area contributed by atoms with Gasteiger partial charge in [0.25, 0.3) is 0 Å². The van der Waals surface area contributed by atoms with Gasteiger partial charge in [0.05, 0.1) is 6.10 Å². The minimum Gasteiger partial charge on any atom is -0.393 e. The van der Waals surface area contributed by atoms with Crippen molar-refractivity contribution >= 4 is 5.82 Å². The lowest BCUT2D eigenvalue weighted by Crippen LogP contribution is -2.24. The van der Waals surface area contributed by atoms with E-state index in [2.05, 4.69) is 14.9 Å². The molecule has 2 rings (SSSR count). The molecule has 1 aliphatic rings. The van der Waals surface area contributed by atoms with E-state index < -0.39 is 0 Å². The zero-order valence-corrected chi connectivity index (χ0v) is 8.30. The molecule has 0 aromatic carbocycles. The first-order valence-electron chi connectivity index (χ1n) is 4.96. The largest absolute Gasteiger partial charge is 0.393 e. The van der Waals surface area contributed by atoms with Crippen LogP contribution in [0.5, 0.6) is 0 Å². The predicted octanol–water partition coefficient (Wildman–Crippen LogP) is 0.684. The second-order valence-electron chi connectivity index (χ2n) is 3.80. The van der Waals surface area contributed by atoms with Gasteiger partial charge in [-0.1, -0.05) is 0 Å². The summed E-state index contributed by atoms with van der Waals surface area (Å²) in [5.41, 5.74) is 0. The van der Waals surface area contributed by atoms with Gasteiger partial charge in [-0.15, -0.1) is 0 Å². The minimum absolute atomic E-state index is 0.221. The number of nitrogens with zero attached hydrogens (tertiary/aromatic N) is 3. The SMILES string of the molecule is CC(O)C1CCN(c2ccncn2)C1. The fourth-order valence-electron chi connectivity index (χ4n) is 1.86. The van der Waals surface area contributed by atoms with Crippen LogP contribution in [0.2, 0.25) is 0 Å². The number of rotatable bonds is 2. The zero-order valence-electron chi connectivity index (χ0n) is 8.30. The molecule has 0 radical (unpaired) electrons. The number of aliphatic hydroxyl groups excluding tert-OH is 1. The van der Waals surface area contributed by atoms with Crippen molar-refractivity contribution < 1.29 is 5.11 Å². The van der Waals surface area contributed by atoms with Crippen molar-refractivity contribution in [2.75, 3.05) is 18.0 Å². The second kappa shape index (κ2) is 3.92. The molecular weight excluding hydrogens is 178 g/mol. The van der Waals surface area contributed by atoms with Crippen molar-refractivity contribution in [3.8, 4) is 0 Å². The molecule has 1 saturated heterocycles. The van der Waals surface area contributed by atoms with E-state index in [1.807, 2.05) is 13.0 Å². The molecule has 0 amide bonds. The molecule has 2 heterocycles. The van der Waals surface area contributed by atoms with E-state index >= 15 is 0 Å². The van der Waals surface area contributed by atoms with Crippen LogP contribution in [-0.2, 0) is 0 Å². The highest BCUT2D eigenvalue weighted by Gasteiger charge is 2.26. The number of hydrogen-bond donors (Lipinski definition) is 1. The Morgan fingerprint density at radius 2 is 2.50 bits per heavy atom. The van der Waals surface area contributed by atoms with Crippen LogP contribution in [0.4, 0.5) is 5.82 Å². The first kappa shape index (κ1) is 9.40. The Morgan fingerprint density at radius 1 is 1.64 bits per heavy atom. The fourth-order valence-corrected chi connectivity index (χ4v) is 1.86. The van der Waals surface area contributed by atoms with Gasteiger partial charge in [0, 0.05) is 25.2 Å². The van der Waals surface area contributed by atoms with Crippen LogP contribution >= 0.6 is 0 Å². The molecule has 76 valence electrons. The molecule has 0 saturated carbocycles. The molecule has 1 fully saturated rings. The summed E-state index contributed by atoms with van der Waals surface area (Å²) in [5, 5.41) is 9.46. The number of anilines is 1. The smallest absolute Gasteiger partial charge is 0.131 e. The minimum atomic E-state index is -0.221. The first-order valence-corrected chi connectivity index (χ1v) is 4.96. The standard InChI is InChI=1S/C10H15N3O/c1-8(14)9-3-5-13(6-9)10-2-4-11-7-12-10/h2,4,7-9,14H,3,5-6H2,1H3. The molecular formula is C10H15N3O. The highest BCUT2D eigenvalue weighted by molar-refractivity contribution is 5.37. The average molecular weight is 193 g/mol. The Hall–Kier alpha value is -1.16. The van der Waals surface area contributed by atoms with Crippen molar-refractivity contribution in [3.63, 3.8) is 0 Å². The van der Waals surface area contributed by atoms with Crippen molar-refractivity contribution in [2.45, 2.75) is 19.4 Å². The van der Waals surface area contributed by atoms with E-state index in [4.69, 9.17) is 0 Å². The number of aromatic nitrogens is 2. The summed E-state index contributed by atoms with van der Waals surface area (Å²) in [6, 6.07) is 1.91. The molecule has 0 bridgehead atoms. The topological polar surface area (TPSA) is 49.2 Å². The number of hydrogen-bond acceptors (Lipinski definition) is 4. The monoisotopic (exact) mass is 193 g/mol. The molecule has 1 aromatic heterocycles. The van der Waals surface area contributed by atoms with Crippen LogP contribution in [0.15, 0.2) is 18.6 Å². The summed E-state index contributed by atoms with van der Waals surface area (Å²) in [6.07, 6.45) is 4.13. The molecule has 1 aromatic rings. The van der Waals surface area contributed by atoms with Gasteiger partial charge in [-0.25, -0.2) is 9.97 Å². The van der Waals surface area contributed by atoms with Crippen LogP contribution in [0, 0.1) is 5.92 Å². The first-order chi connectivity index (χ1) is 6.77. The van der Waals surface area contributed by atoms with E-state index in [-0.39, 0.29) is 6.10 Å². The van der Waals surface area contributed by atoms with Crippen LogP contribution < -0.4 is 4.90 Å². The maximum Gasteiger partial charge on any atom is 0.131 e. The highest BCUT2D eigenvalue weighted by atomic mass is 16.3. The normalized spacial score (nSPS) is 23.9. The van der Waals surface area contributed by atoms with Crippen LogP contribution in [0.3, 0.4) is 0 Å². The molecule has 4 nitrogen and oxygen atoms in total. The van der Waals surface area contributed by atoms with Gasteiger partial charge in [0.2, 0.25) is 0 Å². The van der Waals surface area contributed by atoms with E-state index in [1.165, 1.54) is 0 Å². The van der Waals surface area contributed by atoms with Gasteiger partial charge < -0.3 is 10.0 Å². The summed E-state index contributed by atoms with van der Waals surface area (Å²) in [5.74, 6) is 1.34. The average Bonchev–Trinajstić information content (AvgIpc) is 2.68. The third-order valence-electron chi connectivity index (χ3n) is 2.80. The van der Waals surface area contributed by atoms with Gasteiger partial charge >= 0.3 is 0 Å². The summed E-state index contributed by atoms with van der Waals surface area (Å²) in [4.78, 5) is 10.3. The van der Waals surface area contributed by atoms with Crippen LogP contribution in [-0.4, -0.2) is 34.3 Å². The third kappa shape index (κ3) is 1.85. The van der Waals surface area contributed by atoms with Gasteiger partial charge in [-0.2, -0.15) is 0 Å². The van der Waals surface area contributed by atoms with E-state index in [0.717, 1.165) is 25.3 Å². The Kier molecular flexibility index (Phi) is 2.63. The Balaban J connectivity index is 2.03. The van der Waals surface area contributed by atoms with Crippen molar-refractivity contribution in [3.05, 3.63) is 18.6 Å². The maximum absolute atomic E-state index is 9.46. The molecule has 2 unspecified atom stereocenters. The molecule has 2 atom stereocenters. The van der Waals surface area contributed by atoms with Crippen LogP contribution in [0.1, 0.15) is 13.3 Å². The highest BCUT2D eigenvalue weighted by Crippen LogP contribution is 2.23. The zero-order chi connectivity index (χ0) is 9.97. The summed E-state index contributed by atoms with van der Waals surface area (Å²) < 4.78 is 0. The molecule has 0 spiro atoms. The number of aliphatic hydroxyl groups is 1. The van der Waals surface area contributed by atoms with Gasteiger partial charge in [-0.05, 0) is 19.4 Å². The molecule has 1 N–H and O–H groups in total. The Labute approximate surface area is 83.6 Å². The van der Waals surface area contributed by atoms with Crippen molar-refractivity contribution in [1.29, 1.82) is 0 Å². The predicted molar refractivity (Wildman–Crippen MR) is 54.0 cm³/mol. The lowest BCUT2D eigenvalue weighted by molar-refractivity contribution is 0.136. The third-order valence-corrected chi connectivity index (χ3v) is 2.80. The molecule has 14 heavy (non-hydrogen) atoms. The van der Waals surface area contributed by atoms with Crippen LogP contribution in [0.25, 0.3) is 0 Å². The molecule has 4 heteroatoms. The maximum atomic E-state index is 9.46. The summed E-state index contributed by atoms with van der Waals surface area (Å²) in [6.45, 7) is 3.73. The second-order valence-corrected chi connectivity index (χ2v) is 3.80. The Bertz CT molecular complexity index is 289. The Morgan fingerprint density at radius 3 is 3.07 bits per heavy atom. The van der Waals surface area contributed by atoms with E-state index in [9.17, 15) is 5.11 Å². The molecule has 0 aliphatic carbocycles. The quantitative estimate of drug-likeness (QED) is 0.750. The van der Waals surface area contributed by atoms with E-state index in [1.54, 1.807) is 12.5 Å². The molecule has 1 aliphatic heterocycles. The van der Waals surface area contributed by atoms with Gasteiger partial charge in [0.1, 0.15) is 12.1 Å². The van der Waals surface area contributed by atoms with Gasteiger partial charge in [0.15, 0.2) is 0 Å². The van der Waals surface area contributed by atoms with E-state index in [0.29, 0.717) is 5.92 Å². The fraction of sp³-hybridized carbons (Fsp3) is 0.600. The van der Waals surface area contributed by atoms with Crippen molar-refractivity contribution in [1.82, 2.24) is 9.97 Å². The lowest BCUT2D eigenvalue weighted by Gasteiger charge is -2.17. The summed E-state index contributed by atoms with van der Waals surface area (Å²) in [7, 11) is 0. The van der Waals surface area contributed by atoms with Crippen molar-refractivity contribution in [2.24, 2.45) is 5.92 Å². The summed E-state index contributed by atoms with van der Waals surface area (Å²) >= 11 is 0. The lowest BCUT2D eigenvalue weighted by atomic mass is 10.0. The van der Waals surface area contributed by atoms with Gasteiger partial charge in [-0.3, -0.25) is 0 Å².